The van der Waals surface area contributed by atoms with Crippen molar-refractivity contribution in [2.24, 2.45) is 0 Å². The van der Waals surface area contributed by atoms with E-state index < -0.39 is 0 Å². The van der Waals surface area contributed by atoms with Crippen molar-refractivity contribution in [3.63, 3.8) is 0 Å². The summed E-state index contributed by atoms with van der Waals surface area (Å²) in [5.74, 6) is 0. The largest absolute Gasteiger partial charge is 0.293 e. The minimum absolute atomic E-state index is 0.627. The average molecular weight is 207 g/mol. The highest BCUT2D eigenvalue weighted by molar-refractivity contribution is 7.09. The first-order valence-electron chi connectivity index (χ1n) is 4.89. The van der Waals surface area contributed by atoms with Crippen LogP contribution in [0.15, 0.2) is 11.6 Å². The maximum Gasteiger partial charge on any atom is 0.107 e. The van der Waals surface area contributed by atoms with E-state index in [2.05, 4.69) is 16.0 Å². The molecule has 14 heavy (non-hydrogen) atoms. The second-order valence-corrected chi connectivity index (χ2v) is 4.51. The molecule has 0 spiro atoms. The normalized spacial score (nSPS) is 15.7. The average Bonchev–Trinajstić information content (AvgIpc) is 2.92. The summed E-state index contributed by atoms with van der Waals surface area (Å²) in [6.45, 7) is 1.81. The Hall–Kier alpha value is -0.920. The third-order valence-electron chi connectivity index (χ3n) is 2.40. The van der Waals surface area contributed by atoms with Crippen LogP contribution in [0.4, 0.5) is 0 Å². The van der Waals surface area contributed by atoms with Crippen molar-refractivity contribution in [2.75, 3.05) is 6.54 Å². The summed E-state index contributed by atoms with van der Waals surface area (Å²) >= 11 is 1.69. The van der Waals surface area contributed by atoms with Crippen molar-refractivity contribution in [3.8, 4) is 6.07 Å². The van der Waals surface area contributed by atoms with Gasteiger partial charge in [-0.3, -0.25) is 4.90 Å². The van der Waals surface area contributed by atoms with E-state index in [-0.39, 0.29) is 0 Å². The minimum Gasteiger partial charge on any atom is -0.293 e. The fraction of sp³-hybridized carbons (Fsp3) is 0.600. The molecule has 1 saturated carbocycles. The van der Waals surface area contributed by atoms with E-state index in [0.29, 0.717) is 12.5 Å². The lowest BCUT2D eigenvalue weighted by Gasteiger charge is -2.18. The summed E-state index contributed by atoms with van der Waals surface area (Å²) < 4.78 is 0. The quantitative estimate of drug-likeness (QED) is 0.741. The Morgan fingerprint density at radius 3 is 3.07 bits per heavy atom. The molecule has 0 unspecified atom stereocenters. The SMILES string of the molecule is N#CCCN(Cc1nccs1)C1CC1. The molecular formula is C10H13N3S. The Morgan fingerprint density at radius 2 is 2.50 bits per heavy atom. The summed E-state index contributed by atoms with van der Waals surface area (Å²) in [4.78, 5) is 6.65. The van der Waals surface area contributed by atoms with Crippen LogP contribution in [0.2, 0.25) is 0 Å². The van der Waals surface area contributed by atoms with Crippen molar-refractivity contribution < 1.29 is 0 Å². The lowest BCUT2D eigenvalue weighted by Crippen LogP contribution is -2.26. The van der Waals surface area contributed by atoms with E-state index in [1.165, 1.54) is 12.8 Å². The Kier molecular flexibility index (Phi) is 3.12. The number of thiazole rings is 1. The fourth-order valence-electron chi connectivity index (χ4n) is 1.53. The van der Waals surface area contributed by atoms with Gasteiger partial charge in [0.1, 0.15) is 5.01 Å². The Bertz CT molecular complexity index is 311. The van der Waals surface area contributed by atoms with Crippen LogP contribution < -0.4 is 0 Å². The molecule has 4 heteroatoms. The van der Waals surface area contributed by atoms with Crippen molar-refractivity contribution in [1.29, 1.82) is 5.26 Å². The molecule has 0 aromatic carbocycles. The minimum atomic E-state index is 0.627. The number of nitrogens with zero attached hydrogens (tertiary/aromatic N) is 3. The lowest BCUT2D eigenvalue weighted by atomic mass is 10.4. The van der Waals surface area contributed by atoms with Gasteiger partial charge in [-0.1, -0.05) is 0 Å². The summed E-state index contributed by atoms with van der Waals surface area (Å²) in [6.07, 6.45) is 5.05. The van der Waals surface area contributed by atoms with Crippen molar-refractivity contribution in [1.82, 2.24) is 9.88 Å². The highest BCUT2D eigenvalue weighted by Crippen LogP contribution is 2.28. The van der Waals surface area contributed by atoms with E-state index >= 15 is 0 Å². The molecule has 0 radical (unpaired) electrons. The molecule has 0 aliphatic heterocycles. The Labute approximate surface area is 88.0 Å². The van der Waals surface area contributed by atoms with Crippen LogP contribution in [-0.4, -0.2) is 22.5 Å². The molecule has 1 aromatic heterocycles. The molecule has 1 aliphatic rings. The number of aromatic nitrogens is 1. The monoisotopic (exact) mass is 207 g/mol. The van der Waals surface area contributed by atoms with Crippen LogP contribution in [0, 0.1) is 11.3 Å². The van der Waals surface area contributed by atoms with Gasteiger partial charge in [0.2, 0.25) is 0 Å². The van der Waals surface area contributed by atoms with E-state index in [0.717, 1.165) is 18.1 Å². The molecule has 2 rings (SSSR count). The third kappa shape index (κ3) is 2.53. The molecule has 1 aromatic rings. The van der Waals surface area contributed by atoms with Crippen LogP contribution in [-0.2, 0) is 6.54 Å². The predicted octanol–water partition coefficient (Wildman–Crippen LogP) is 2.02. The molecule has 1 heterocycles. The zero-order valence-electron chi connectivity index (χ0n) is 8.02. The highest BCUT2D eigenvalue weighted by atomic mass is 32.1. The van der Waals surface area contributed by atoms with E-state index in [1.54, 1.807) is 11.3 Å². The van der Waals surface area contributed by atoms with Crippen molar-refractivity contribution >= 4 is 11.3 Å². The van der Waals surface area contributed by atoms with Gasteiger partial charge in [-0.2, -0.15) is 5.26 Å². The zero-order chi connectivity index (χ0) is 9.80. The predicted molar refractivity (Wildman–Crippen MR) is 55.8 cm³/mol. The highest BCUT2D eigenvalue weighted by Gasteiger charge is 2.28. The van der Waals surface area contributed by atoms with Gasteiger partial charge in [0.05, 0.1) is 12.6 Å². The smallest absolute Gasteiger partial charge is 0.107 e. The molecule has 1 fully saturated rings. The van der Waals surface area contributed by atoms with Gasteiger partial charge in [-0.15, -0.1) is 11.3 Å². The molecule has 0 bridgehead atoms. The van der Waals surface area contributed by atoms with Crippen LogP contribution in [0.25, 0.3) is 0 Å². The first-order valence-corrected chi connectivity index (χ1v) is 5.77. The maximum atomic E-state index is 8.55. The van der Waals surface area contributed by atoms with Gasteiger partial charge >= 0.3 is 0 Å². The Morgan fingerprint density at radius 1 is 1.64 bits per heavy atom. The molecule has 74 valence electrons. The first-order chi connectivity index (χ1) is 6.90. The second-order valence-electron chi connectivity index (χ2n) is 3.54. The third-order valence-corrected chi connectivity index (χ3v) is 3.16. The maximum absolute atomic E-state index is 8.55. The van der Waals surface area contributed by atoms with Crippen LogP contribution in [0.3, 0.4) is 0 Å². The summed E-state index contributed by atoms with van der Waals surface area (Å²) in [6, 6.07) is 2.92. The standard InChI is InChI=1S/C10H13N3S/c11-4-1-6-13(9-2-3-9)8-10-12-5-7-14-10/h5,7,9H,1-3,6,8H2. The molecule has 3 nitrogen and oxygen atoms in total. The fourth-order valence-corrected chi connectivity index (χ4v) is 2.17. The number of hydrogen-bond acceptors (Lipinski definition) is 4. The van der Waals surface area contributed by atoms with Crippen molar-refractivity contribution in [2.45, 2.75) is 31.8 Å². The number of rotatable bonds is 5. The second kappa shape index (κ2) is 4.54. The van der Waals surface area contributed by atoms with Crippen LogP contribution in [0.1, 0.15) is 24.3 Å². The van der Waals surface area contributed by atoms with E-state index in [9.17, 15) is 0 Å². The first kappa shape index (κ1) is 9.63. The number of hydrogen-bond donors (Lipinski definition) is 0. The molecule has 0 atom stereocenters. The van der Waals surface area contributed by atoms with E-state index in [4.69, 9.17) is 5.26 Å². The summed E-state index contributed by atoms with van der Waals surface area (Å²) in [5, 5.41) is 11.7. The van der Waals surface area contributed by atoms with Gasteiger partial charge in [-0.25, -0.2) is 4.98 Å². The van der Waals surface area contributed by atoms with Gasteiger partial charge in [-0.05, 0) is 12.8 Å². The topological polar surface area (TPSA) is 39.9 Å². The van der Waals surface area contributed by atoms with Crippen LogP contribution >= 0.6 is 11.3 Å². The molecule has 1 aliphatic carbocycles. The summed E-state index contributed by atoms with van der Waals surface area (Å²) in [5.41, 5.74) is 0. The van der Waals surface area contributed by atoms with Crippen molar-refractivity contribution in [3.05, 3.63) is 16.6 Å². The zero-order valence-corrected chi connectivity index (χ0v) is 8.83. The molecule has 0 amide bonds. The summed E-state index contributed by atoms with van der Waals surface area (Å²) in [7, 11) is 0. The van der Waals surface area contributed by atoms with Gasteiger partial charge in [0.25, 0.3) is 0 Å². The van der Waals surface area contributed by atoms with Gasteiger partial charge in [0.15, 0.2) is 0 Å². The molecular weight excluding hydrogens is 194 g/mol. The molecule has 0 saturated heterocycles. The lowest BCUT2D eigenvalue weighted by molar-refractivity contribution is 0.260. The Balaban J connectivity index is 1.88. The van der Waals surface area contributed by atoms with Gasteiger partial charge in [0, 0.05) is 30.6 Å². The van der Waals surface area contributed by atoms with E-state index in [1.807, 2.05) is 11.6 Å². The molecule has 0 N–H and O–H groups in total. The van der Waals surface area contributed by atoms with Crippen LogP contribution in [0.5, 0.6) is 0 Å². The van der Waals surface area contributed by atoms with Gasteiger partial charge < -0.3 is 0 Å². The number of nitriles is 1.